The lowest BCUT2D eigenvalue weighted by molar-refractivity contribution is 0.898. The van der Waals surface area contributed by atoms with Gasteiger partial charge >= 0.3 is 0 Å². The van der Waals surface area contributed by atoms with Crippen molar-refractivity contribution in [3.63, 3.8) is 0 Å². The van der Waals surface area contributed by atoms with E-state index >= 15 is 0 Å². The summed E-state index contributed by atoms with van der Waals surface area (Å²) >= 11 is 9.26. The lowest BCUT2D eigenvalue weighted by Crippen LogP contribution is -2.25. The Kier molecular flexibility index (Phi) is 4.73. The van der Waals surface area contributed by atoms with Crippen molar-refractivity contribution in [2.45, 2.75) is 24.5 Å². The molecule has 1 saturated heterocycles. The maximum absolute atomic E-state index is 5.86. The van der Waals surface area contributed by atoms with Crippen LogP contribution < -0.4 is 11.1 Å². The number of thioether (sulfide) groups is 2. The van der Waals surface area contributed by atoms with Crippen LogP contribution in [0.5, 0.6) is 0 Å². The summed E-state index contributed by atoms with van der Waals surface area (Å²) in [7, 11) is 0. The van der Waals surface area contributed by atoms with Crippen molar-refractivity contribution in [2.75, 3.05) is 29.1 Å². The van der Waals surface area contributed by atoms with Gasteiger partial charge in [0, 0.05) is 34.7 Å². The molecule has 3 N–H and O–H groups in total. The van der Waals surface area contributed by atoms with Crippen LogP contribution in [0.25, 0.3) is 0 Å². The van der Waals surface area contributed by atoms with Gasteiger partial charge in [-0.2, -0.15) is 23.5 Å². The standard InChI is InChI=1S/C14H19N3S3/c15-13(18)11-6-9-2-1-3-12(9)17-14(11)16-7-10-8-19-4-5-20-10/h6,10H,1-5,7-8H2,(H2,15,18)(H,16,17). The first-order valence-corrected chi connectivity index (χ1v) is 9.61. The molecule has 0 saturated carbocycles. The van der Waals surface area contributed by atoms with Crippen molar-refractivity contribution in [3.8, 4) is 0 Å². The van der Waals surface area contributed by atoms with E-state index in [9.17, 15) is 0 Å². The molecule has 2 heterocycles. The van der Waals surface area contributed by atoms with Crippen LogP contribution in [0.4, 0.5) is 5.82 Å². The first-order chi connectivity index (χ1) is 9.74. The Morgan fingerprint density at radius 2 is 2.35 bits per heavy atom. The number of anilines is 1. The average Bonchev–Trinajstić information content (AvgIpc) is 2.92. The first-order valence-electron chi connectivity index (χ1n) is 7.00. The Bertz CT molecular complexity index is 513. The topological polar surface area (TPSA) is 50.9 Å². The summed E-state index contributed by atoms with van der Waals surface area (Å²) in [5.74, 6) is 4.62. The molecule has 0 radical (unpaired) electrons. The predicted octanol–water partition coefficient (Wildman–Crippen LogP) is 2.47. The van der Waals surface area contributed by atoms with Gasteiger partial charge in [0.2, 0.25) is 0 Å². The molecule has 1 aromatic rings. The third-order valence-corrected chi connectivity index (χ3v) is 6.76. The minimum absolute atomic E-state index is 0.445. The van der Waals surface area contributed by atoms with Crippen molar-refractivity contribution >= 4 is 46.5 Å². The van der Waals surface area contributed by atoms with Crippen LogP contribution in [-0.2, 0) is 12.8 Å². The highest BCUT2D eigenvalue weighted by Crippen LogP contribution is 2.27. The molecule has 1 unspecified atom stereocenters. The van der Waals surface area contributed by atoms with Gasteiger partial charge in [-0.15, -0.1) is 0 Å². The maximum Gasteiger partial charge on any atom is 0.136 e. The van der Waals surface area contributed by atoms with Crippen LogP contribution in [0.15, 0.2) is 6.07 Å². The smallest absolute Gasteiger partial charge is 0.136 e. The summed E-state index contributed by atoms with van der Waals surface area (Å²) in [4.78, 5) is 5.21. The summed E-state index contributed by atoms with van der Waals surface area (Å²) in [5, 5.41) is 4.14. The van der Waals surface area contributed by atoms with E-state index in [0.717, 1.165) is 30.8 Å². The monoisotopic (exact) mass is 325 g/mol. The van der Waals surface area contributed by atoms with Gasteiger partial charge in [0.05, 0.1) is 5.56 Å². The lowest BCUT2D eigenvalue weighted by Gasteiger charge is -2.22. The highest BCUT2D eigenvalue weighted by atomic mass is 32.2. The van der Waals surface area contributed by atoms with E-state index in [1.807, 2.05) is 23.5 Å². The first kappa shape index (κ1) is 14.5. The Morgan fingerprint density at radius 3 is 3.10 bits per heavy atom. The molecule has 1 atom stereocenters. The SMILES string of the molecule is NC(=S)c1cc2c(nc1NCC1CSCCS1)CCC2. The van der Waals surface area contributed by atoms with E-state index in [1.165, 1.54) is 34.9 Å². The van der Waals surface area contributed by atoms with Crippen molar-refractivity contribution in [1.82, 2.24) is 4.98 Å². The van der Waals surface area contributed by atoms with Gasteiger partial charge in [-0.05, 0) is 30.9 Å². The number of fused-ring (bicyclic) bond motifs is 1. The Hall–Kier alpha value is -0.460. The zero-order chi connectivity index (χ0) is 13.9. The third kappa shape index (κ3) is 3.23. The molecule has 1 aliphatic carbocycles. The van der Waals surface area contributed by atoms with Gasteiger partial charge in [-0.3, -0.25) is 0 Å². The molecule has 20 heavy (non-hydrogen) atoms. The fraction of sp³-hybridized carbons (Fsp3) is 0.571. The molecule has 108 valence electrons. The van der Waals surface area contributed by atoms with E-state index in [-0.39, 0.29) is 0 Å². The molecule has 0 bridgehead atoms. The van der Waals surface area contributed by atoms with Crippen LogP contribution in [-0.4, -0.2) is 39.0 Å². The van der Waals surface area contributed by atoms with Crippen molar-refractivity contribution < 1.29 is 0 Å². The van der Waals surface area contributed by atoms with Crippen LogP contribution in [0.2, 0.25) is 0 Å². The quantitative estimate of drug-likeness (QED) is 0.830. The number of nitrogens with one attached hydrogen (secondary N) is 1. The molecule has 1 aliphatic heterocycles. The summed E-state index contributed by atoms with van der Waals surface area (Å²) in [5.41, 5.74) is 9.31. The normalized spacial score (nSPS) is 21.5. The van der Waals surface area contributed by atoms with Gasteiger partial charge in [-0.25, -0.2) is 4.98 Å². The number of pyridine rings is 1. The third-order valence-electron chi connectivity index (χ3n) is 3.70. The number of nitrogens with two attached hydrogens (primary N) is 1. The largest absolute Gasteiger partial charge is 0.389 e. The highest BCUT2D eigenvalue weighted by molar-refractivity contribution is 8.06. The zero-order valence-corrected chi connectivity index (χ0v) is 13.8. The number of nitrogens with zero attached hydrogens (tertiary/aromatic N) is 1. The zero-order valence-electron chi connectivity index (χ0n) is 11.4. The average molecular weight is 326 g/mol. The van der Waals surface area contributed by atoms with Gasteiger partial charge in [-0.1, -0.05) is 12.2 Å². The van der Waals surface area contributed by atoms with Crippen LogP contribution >= 0.6 is 35.7 Å². The van der Waals surface area contributed by atoms with Gasteiger partial charge in [0.1, 0.15) is 10.8 Å². The fourth-order valence-corrected chi connectivity index (χ4v) is 5.43. The summed E-state index contributed by atoms with van der Waals surface area (Å²) in [6.07, 6.45) is 3.38. The van der Waals surface area contributed by atoms with E-state index in [1.54, 1.807) is 0 Å². The van der Waals surface area contributed by atoms with Gasteiger partial charge < -0.3 is 11.1 Å². The maximum atomic E-state index is 5.86. The van der Waals surface area contributed by atoms with Crippen molar-refractivity contribution in [3.05, 3.63) is 22.9 Å². The summed E-state index contributed by atoms with van der Waals surface area (Å²) in [6.45, 7) is 0.944. The Balaban J connectivity index is 1.75. The fourth-order valence-electron chi connectivity index (χ4n) is 2.66. The minimum Gasteiger partial charge on any atom is -0.389 e. The number of aryl methyl sites for hydroxylation is 2. The highest BCUT2D eigenvalue weighted by Gasteiger charge is 2.19. The van der Waals surface area contributed by atoms with Gasteiger partial charge in [0.25, 0.3) is 0 Å². The number of thiocarbonyl (C=S) groups is 1. The van der Waals surface area contributed by atoms with Crippen molar-refractivity contribution in [2.24, 2.45) is 5.73 Å². The van der Waals surface area contributed by atoms with E-state index in [2.05, 4.69) is 11.4 Å². The molecule has 0 amide bonds. The molecule has 3 rings (SSSR count). The van der Waals surface area contributed by atoms with Crippen molar-refractivity contribution in [1.29, 1.82) is 0 Å². The second-order valence-corrected chi connectivity index (χ2v) is 8.15. The molecule has 6 heteroatoms. The molecule has 1 fully saturated rings. The summed E-state index contributed by atoms with van der Waals surface area (Å²) in [6, 6.07) is 2.14. The lowest BCUT2D eigenvalue weighted by atomic mass is 10.1. The van der Waals surface area contributed by atoms with E-state index in [4.69, 9.17) is 22.9 Å². The molecule has 1 aromatic heterocycles. The van der Waals surface area contributed by atoms with Crippen LogP contribution in [0.3, 0.4) is 0 Å². The number of hydrogen-bond donors (Lipinski definition) is 2. The molecule has 0 aromatic carbocycles. The van der Waals surface area contributed by atoms with Gasteiger partial charge in [0.15, 0.2) is 0 Å². The predicted molar refractivity (Wildman–Crippen MR) is 94.2 cm³/mol. The van der Waals surface area contributed by atoms with Crippen LogP contribution in [0, 0.1) is 0 Å². The molecular weight excluding hydrogens is 306 g/mol. The summed E-state index contributed by atoms with van der Waals surface area (Å²) < 4.78 is 0. The number of aromatic nitrogens is 1. The number of rotatable bonds is 4. The van der Waals surface area contributed by atoms with E-state index in [0.29, 0.717) is 10.2 Å². The molecular formula is C14H19N3S3. The van der Waals surface area contributed by atoms with E-state index < -0.39 is 0 Å². The minimum atomic E-state index is 0.445. The molecule has 0 spiro atoms. The second kappa shape index (κ2) is 6.54. The Morgan fingerprint density at radius 1 is 1.45 bits per heavy atom. The molecule has 2 aliphatic rings. The molecule has 3 nitrogen and oxygen atoms in total. The second-order valence-electron chi connectivity index (χ2n) is 5.16. The number of hydrogen-bond acceptors (Lipinski definition) is 5. The Labute approximate surface area is 133 Å². The van der Waals surface area contributed by atoms with Crippen LogP contribution in [0.1, 0.15) is 23.2 Å².